The summed E-state index contributed by atoms with van der Waals surface area (Å²) in [4.78, 5) is 3.94. The molecule has 0 bridgehead atoms. The van der Waals surface area contributed by atoms with Crippen molar-refractivity contribution in [2.24, 2.45) is 0 Å². The molecule has 2 aromatic carbocycles. The Morgan fingerprint density at radius 1 is 1.05 bits per heavy atom. The second kappa shape index (κ2) is 5.61. The first kappa shape index (κ1) is 15.4. The van der Waals surface area contributed by atoms with Gasteiger partial charge in [0.1, 0.15) is 11.0 Å². The zero-order chi connectivity index (χ0) is 15.9. The van der Waals surface area contributed by atoms with E-state index in [9.17, 15) is 12.8 Å². The lowest BCUT2D eigenvalue weighted by Gasteiger charge is -2.08. The van der Waals surface area contributed by atoms with E-state index in [0.717, 1.165) is 12.1 Å². The fraction of sp³-hybridized carbons (Fsp3) is 0. The van der Waals surface area contributed by atoms with Gasteiger partial charge in [0, 0.05) is 15.2 Å². The Labute approximate surface area is 139 Å². The van der Waals surface area contributed by atoms with Gasteiger partial charge in [-0.1, -0.05) is 39.7 Å². The van der Waals surface area contributed by atoms with E-state index >= 15 is 0 Å². The number of hydrogen-bond donors (Lipinski definition) is 0. The summed E-state index contributed by atoms with van der Waals surface area (Å²) in [7, 11) is -3.87. The monoisotopic (exact) mass is 399 g/mol. The van der Waals surface area contributed by atoms with Crippen molar-refractivity contribution < 1.29 is 12.8 Å². The normalized spacial score (nSPS) is 11.8. The van der Waals surface area contributed by atoms with Crippen molar-refractivity contribution >= 4 is 48.1 Å². The average molecular weight is 401 g/mol. The second-order valence-electron chi connectivity index (χ2n) is 4.54. The molecule has 0 saturated heterocycles. The third-order valence-corrected chi connectivity index (χ3v) is 5.78. The topological polar surface area (TPSA) is 47.0 Å². The standard InChI is InChI=1S/C15H8BrClFNO2S/c16-13-3-1-2-11-12(13)8-14(19-15(11)17)22(20,21)10-6-4-9(18)5-7-10/h1-8H. The van der Waals surface area contributed by atoms with Gasteiger partial charge in [-0.2, -0.15) is 0 Å². The number of pyridine rings is 1. The molecule has 0 fully saturated rings. The number of benzene rings is 2. The maximum absolute atomic E-state index is 13.0. The smallest absolute Gasteiger partial charge is 0.223 e. The van der Waals surface area contributed by atoms with Crippen molar-refractivity contribution in [2.75, 3.05) is 0 Å². The van der Waals surface area contributed by atoms with E-state index in [-0.39, 0.29) is 15.1 Å². The quantitative estimate of drug-likeness (QED) is 0.466. The lowest BCUT2D eigenvalue weighted by Crippen LogP contribution is -2.05. The molecule has 0 atom stereocenters. The van der Waals surface area contributed by atoms with Gasteiger partial charge in [0.15, 0.2) is 5.03 Å². The molecule has 1 heterocycles. The first-order chi connectivity index (χ1) is 10.4. The summed E-state index contributed by atoms with van der Waals surface area (Å²) in [5, 5.41) is 1.21. The summed E-state index contributed by atoms with van der Waals surface area (Å²) in [6.45, 7) is 0. The molecule has 0 amide bonds. The van der Waals surface area contributed by atoms with Crippen LogP contribution < -0.4 is 0 Å². The van der Waals surface area contributed by atoms with Crippen LogP contribution in [0.5, 0.6) is 0 Å². The molecule has 0 N–H and O–H groups in total. The molecule has 0 radical (unpaired) electrons. The highest BCUT2D eigenvalue weighted by Gasteiger charge is 2.21. The molecule has 7 heteroatoms. The van der Waals surface area contributed by atoms with Crippen molar-refractivity contribution in [3.63, 3.8) is 0 Å². The summed E-state index contributed by atoms with van der Waals surface area (Å²) < 4.78 is 38.9. The summed E-state index contributed by atoms with van der Waals surface area (Å²) >= 11 is 9.46. The minimum Gasteiger partial charge on any atom is -0.223 e. The van der Waals surface area contributed by atoms with Gasteiger partial charge >= 0.3 is 0 Å². The van der Waals surface area contributed by atoms with Crippen molar-refractivity contribution in [3.8, 4) is 0 Å². The van der Waals surface area contributed by atoms with E-state index < -0.39 is 15.7 Å². The maximum Gasteiger partial charge on any atom is 0.223 e. The third-order valence-electron chi connectivity index (χ3n) is 3.15. The van der Waals surface area contributed by atoms with Crippen molar-refractivity contribution in [2.45, 2.75) is 9.92 Å². The first-order valence-corrected chi connectivity index (χ1v) is 8.80. The number of hydrogen-bond acceptors (Lipinski definition) is 3. The Balaban J connectivity index is 2.25. The van der Waals surface area contributed by atoms with Gasteiger partial charge in [-0.15, -0.1) is 0 Å². The lowest BCUT2D eigenvalue weighted by molar-refractivity contribution is 0.591. The van der Waals surface area contributed by atoms with Crippen LogP contribution in [0.2, 0.25) is 5.15 Å². The molecule has 0 aliphatic carbocycles. The maximum atomic E-state index is 13.0. The minimum atomic E-state index is -3.87. The molecule has 1 aromatic heterocycles. The SMILES string of the molecule is O=S(=O)(c1ccc(F)cc1)c1cc2c(Br)cccc2c(Cl)n1. The highest BCUT2D eigenvalue weighted by atomic mass is 79.9. The molecule has 3 rings (SSSR count). The van der Waals surface area contributed by atoms with E-state index in [2.05, 4.69) is 20.9 Å². The fourth-order valence-electron chi connectivity index (χ4n) is 2.05. The third kappa shape index (κ3) is 2.62. The van der Waals surface area contributed by atoms with E-state index in [4.69, 9.17) is 11.6 Å². The molecule has 3 aromatic rings. The first-order valence-electron chi connectivity index (χ1n) is 6.15. The Bertz CT molecular complexity index is 975. The minimum absolute atomic E-state index is 0.0381. The van der Waals surface area contributed by atoms with Crippen LogP contribution in [0, 0.1) is 5.82 Å². The summed E-state index contributed by atoms with van der Waals surface area (Å²) in [6.07, 6.45) is 0. The second-order valence-corrected chi connectivity index (χ2v) is 7.65. The van der Waals surface area contributed by atoms with Gasteiger partial charge in [0.05, 0.1) is 4.90 Å². The Morgan fingerprint density at radius 2 is 1.73 bits per heavy atom. The molecular weight excluding hydrogens is 393 g/mol. The summed E-state index contributed by atoms with van der Waals surface area (Å²) in [6, 6.07) is 11.3. The van der Waals surface area contributed by atoms with Crippen LogP contribution >= 0.6 is 27.5 Å². The largest absolute Gasteiger partial charge is 0.223 e. The van der Waals surface area contributed by atoms with Gasteiger partial charge in [-0.05, 0) is 36.4 Å². The zero-order valence-electron chi connectivity index (χ0n) is 10.9. The van der Waals surface area contributed by atoms with Gasteiger partial charge in [-0.3, -0.25) is 0 Å². The Hall–Kier alpha value is -1.50. The van der Waals surface area contributed by atoms with E-state index in [1.54, 1.807) is 18.2 Å². The highest BCUT2D eigenvalue weighted by Crippen LogP contribution is 2.31. The summed E-state index contributed by atoms with van der Waals surface area (Å²) in [5.41, 5.74) is 0. The van der Waals surface area contributed by atoms with E-state index in [0.29, 0.717) is 15.2 Å². The number of halogens is 3. The molecule has 0 aliphatic rings. The molecule has 0 unspecified atom stereocenters. The van der Waals surface area contributed by atoms with Crippen molar-refractivity contribution in [1.29, 1.82) is 0 Å². The predicted octanol–water partition coefficient (Wildman–Crippen LogP) is 4.62. The van der Waals surface area contributed by atoms with Crippen LogP contribution in [0.15, 0.2) is 62.9 Å². The molecular formula is C15H8BrClFNO2S. The predicted molar refractivity (Wildman–Crippen MR) is 86.3 cm³/mol. The zero-order valence-corrected chi connectivity index (χ0v) is 14.1. The lowest BCUT2D eigenvalue weighted by atomic mass is 10.2. The Kier molecular flexibility index (Phi) is 3.92. The van der Waals surface area contributed by atoms with Crippen LogP contribution in [-0.4, -0.2) is 13.4 Å². The number of aromatic nitrogens is 1. The van der Waals surface area contributed by atoms with Crippen molar-refractivity contribution in [1.82, 2.24) is 4.98 Å². The number of nitrogens with zero attached hydrogens (tertiary/aromatic N) is 1. The number of rotatable bonds is 2. The van der Waals surface area contributed by atoms with Gasteiger partial charge in [0.25, 0.3) is 0 Å². The highest BCUT2D eigenvalue weighted by molar-refractivity contribution is 9.10. The molecule has 112 valence electrons. The van der Waals surface area contributed by atoms with Gasteiger partial charge < -0.3 is 0 Å². The van der Waals surface area contributed by atoms with E-state index in [1.165, 1.54) is 18.2 Å². The molecule has 0 spiro atoms. The molecule has 0 saturated carbocycles. The summed E-state index contributed by atoms with van der Waals surface area (Å²) in [5.74, 6) is -0.508. The molecule has 0 aliphatic heterocycles. The molecule has 22 heavy (non-hydrogen) atoms. The fourth-order valence-corrected chi connectivity index (χ4v) is 4.06. The van der Waals surface area contributed by atoms with Crippen LogP contribution in [-0.2, 0) is 9.84 Å². The average Bonchev–Trinajstić information content (AvgIpc) is 2.48. The van der Waals surface area contributed by atoms with E-state index in [1.807, 2.05) is 0 Å². The number of sulfone groups is 1. The van der Waals surface area contributed by atoms with Crippen LogP contribution in [0.4, 0.5) is 4.39 Å². The van der Waals surface area contributed by atoms with Gasteiger partial charge in [-0.25, -0.2) is 17.8 Å². The van der Waals surface area contributed by atoms with Gasteiger partial charge in [0.2, 0.25) is 9.84 Å². The van der Waals surface area contributed by atoms with Crippen LogP contribution in [0.1, 0.15) is 0 Å². The van der Waals surface area contributed by atoms with Crippen LogP contribution in [0.3, 0.4) is 0 Å². The number of fused-ring (bicyclic) bond motifs is 1. The Morgan fingerprint density at radius 3 is 2.41 bits per heavy atom. The van der Waals surface area contributed by atoms with Crippen molar-refractivity contribution in [3.05, 3.63) is 64.0 Å². The molecule has 3 nitrogen and oxygen atoms in total. The van der Waals surface area contributed by atoms with Crippen LogP contribution in [0.25, 0.3) is 10.8 Å².